The molecular formula is C20H22N4O2. The van der Waals surface area contributed by atoms with Gasteiger partial charge in [0, 0.05) is 24.9 Å². The number of aromatic amines is 1. The number of rotatable bonds is 8. The fraction of sp³-hybridized carbons (Fsp3) is 0.250. The highest BCUT2D eigenvalue weighted by Crippen LogP contribution is 2.16. The van der Waals surface area contributed by atoms with Crippen molar-refractivity contribution in [3.8, 4) is 0 Å². The number of nitrogens with zero attached hydrogens (tertiary/aromatic N) is 1. The first-order valence-electron chi connectivity index (χ1n) is 8.76. The lowest BCUT2D eigenvalue weighted by molar-refractivity contribution is -0.121. The van der Waals surface area contributed by atoms with Crippen LogP contribution >= 0.6 is 0 Å². The average molecular weight is 350 g/mol. The normalized spacial score (nSPS) is 10.6. The van der Waals surface area contributed by atoms with Crippen molar-refractivity contribution < 1.29 is 4.79 Å². The van der Waals surface area contributed by atoms with Gasteiger partial charge in [0.15, 0.2) is 5.82 Å². The first kappa shape index (κ1) is 17.7. The van der Waals surface area contributed by atoms with Gasteiger partial charge in [0.05, 0.1) is 5.39 Å². The van der Waals surface area contributed by atoms with Gasteiger partial charge in [-0.1, -0.05) is 48.5 Å². The van der Waals surface area contributed by atoms with Crippen LogP contribution in [0.15, 0.2) is 59.4 Å². The van der Waals surface area contributed by atoms with Gasteiger partial charge in [-0.05, 0) is 24.5 Å². The van der Waals surface area contributed by atoms with E-state index in [1.54, 1.807) is 6.07 Å². The molecule has 0 aliphatic heterocycles. The molecule has 134 valence electrons. The minimum absolute atomic E-state index is 0.0569. The molecule has 1 aromatic heterocycles. The Kier molecular flexibility index (Phi) is 5.98. The minimum Gasteiger partial charge on any atom is -0.368 e. The quantitative estimate of drug-likeness (QED) is 0.545. The third kappa shape index (κ3) is 4.69. The molecule has 0 unspecified atom stereocenters. The van der Waals surface area contributed by atoms with E-state index in [1.165, 1.54) is 5.56 Å². The van der Waals surface area contributed by atoms with Crippen LogP contribution in [0, 0.1) is 0 Å². The van der Waals surface area contributed by atoms with Crippen LogP contribution in [0.1, 0.15) is 18.4 Å². The summed E-state index contributed by atoms with van der Waals surface area (Å²) < 4.78 is 0. The molecule has 0 fully saturated rings. The third-order valence-electron chi connectivity index (χ3n) is 4.15. The molecule has 3 N–H and O–H groups in total. The monoisotopic (exact) mass is 350 g/mol. The number of nitrogens with one attached hydrogen (secondary N) is 3. The van der Waals surface area contributed by atoms with Gasteiger partial charge in [-0.2, -0.15) is 5.10 Å². The molecule has 0 radical (unpaired) electrons. The lowest BCUT2D eigenvalue weighted by Crippen LogP contribution is -2.26. The predicted molar refractivity (Wildman–Crippen MR) is 103 cm³/mol. The number of fused-ring (bicyclic) bond motifs is 1. The van der Waals surface area contributed by atoms with Crippen LogP contribution in [0.3, 0.4) is 0 Å². The zero-order valence-electron chi connectivity index (χ0n) is 14.5. The summed E-state index contributed by atoms with van der Waals surface area (Å²) in [6.45, 7) is 1.25. The van der Waals surface area contributed by atoms with Gasteiger partial charge in [-0.15, -0.1) is 0 Å². The van der Waals surface area contributed by atoms with E-state index in [4.69, 9.17) is 0 Å². The Morgan fingerprint density at radius 2 is 1.69 bits per heavy atom. The maximum atomic E-state index is 11.9. The second kappa shape index (κ2) is 8.80. The van der Waals surface area contributed by atoms with Crippen LogP contribution in [0.2, 0.25) is 0 Å². The molecule has 26 heavy (non-hydrogen) atoms. The molecule has 3 rings (SSSR count). The maximum absolute atomic E-state index is 11.9. The highest BCUT2D eigenvalue weighted by atomic mass is 16.1. The molecule has 6 heteroatoms. The van der Waals surface area contributed by atoms with Gasteiger partial charge in [0.25, 0.3) is 5.56 Å². The lowest BCUT2D eigenvalue weighted by Gasteiger charge is -2.09. The number of aryl methyl sites for hydroxylation is 1. The number of H-pyrrole nitrogens is 1. The van der Waals surface area contributed by atoms with E-state index in [-0.39, 0.29) is 11.5 Å². The van der Waals surface area contributed by atoms with E-state index in [0.29, 0.717) is 30.7 Å². The maximum Gasteiger partial charge on any atom is 0.272 e. The van der Waals surface area contributed by atoms with E-state index in [1.807, 2.05) is 48.5 Å². The zero-order chi connectivity index (χ0) is 18.2. The van der Waals surface area contributed by atoms with Crippen LogP contribution < -0.4 is 16.2 Å². The number of hydrogen-bond donors (Lipinski definition) is 3. The van der Waals surface area contributed by atoms with Crippen LogP contribution in [0.5, 0.6) is 0 Å². The van der Waals surface area contributed by atoms with Gasteiger partial charge >= 0.3 is 0 Å². The summed E-state index contributed by atoms with van der Waals surface area (Å²) in [5.41, 5.74) is 0.970. The Bertz CT molecular complexity index is 922. The topological polar surface area (TPSA) is 86.9 Å². The van der Waals surface area contributed by atoms with E-state index >= 15 is 0 Å². The van der Waals surface area contributed by atoms with Crippen molar-refractivity contribution in [3.63, 3.8) is 0 Å². The summed E-state index contributed by atoms with van der Waals surface area (Å²) in [5.74, 6) is 0.706. The number of benzene rings is 2. The fourth-order valence-corrected chi connectivity index (χ4v) is 2.76. The highest BCUT2D eigenvalue weighted by Gasteiger charge is 2.05. The molecule has 3 aromatic rings. The van der Waals surface area contributed by atoms with Gasteiger partial charge < -0.3 is 10.6 Å². The second-order valence-corrected chi connectivity index (χ2v) is 6.06. The summed E-state index contributed by atoms with van der Waals surface area (Å²) >= 11 is 0. The van der Waals surface area contributed by atoms with Crippen molar-refractivity contribution in [3.05, 3.63) is 70.5 Å². The second-order valence-electron chi connectivity index (χ2n) is 6.06. The van der Waals surface area contributed by atoms with Gasteiger partial charge in [-0.3, -0.25) is 9.59 Å². The van der Waals surface area contributed by atoms with Gasteiger partial charge in [0.2, 0.25) is 5.91 Å². The van der Waals surface area contributed by atoms with Crippen molar-refractivity contribution >= 4 is 22.5 Å². The number of amides is 1. The summed E-state index contributed by atoms with van der Waals surface area (Å²) in [6.07, 6.45) is 2.01. The number of aromatic nitrogens is 2. The molecule has 0 saturated carbocycles. The Labute approximate surface area is 151 Å². The average Bonchev–Trinajstić information content (AvgIpc) is 2.69. The standard InChI is InChI=1S/C20H22N4O2/c25-18(12-11-15-7-2-1-3-8-15)21-13-6-14-22-19-16-9-4-5-10-17(16)20(26)24-23-19/h1-5,7-10H,6,11-14H2,(H,21,25)(H,22,23)(H,24,26). The molecule has 0 atom stereocenters. The third-order valence-corrected chi connectivity index (χ3v) is 4.15. The van der Waals surface area contributed by atoms with E-state index < -0.39 is 0 Å². The Morgan fingerprint density at radius 1 is 0.962 bits per heavy atom. The van der Waals surface area contributed by atoms with Crippen LogP contribution in [-0.4, -0.2) is 29.2 Å². The van der Waals surface area contributed by atoms with Crippen molar-refractivity contribution in [1.82, 2.24) is 15.5 Å². The first-order valence-corrected chi connectivity index (χ1v) is 8.76. The molecule has 0 spiro atoms. The van der Waals surface area contributed by atoms with Crippen molar-refractivity contribution in [2.45, 2.75) is 19.3 Å². The Hall–Kier alpha value is -3.15. The molecule has 0 aliphatic rings. The number of carbonyl (C=O) groups is 1. The molecule has 1 heterocycles. The number of carbonyl (C=O) groups excluding carboxylic acids is 1. The highest BCUT2D eigenvalue weighted by molar-refractivity contribution is 5.90. The molecular weight excluding hydrogens is 328 g/mol. The van der Waals surface area contributed by atoms with E-state index in [2.05, 4.69) is 20.8 Å². The van der Waals surface area contributed by atoms with Crippen LogP contribution in [0.4, 0.5) is 5.82 Å². The van der Waals surface area contributed by atoms with Crippen molar-refractivity contribution in [1.29, 1.82) is 0 Å². The lowest BCUT2D eigenvalue weighted by atomic mass is 10.1. The van der Waals surface area contributed by atoms with Gasteiger partial charge in [0.1, 0.15) is 0 Å². The summed E-state index contributed by atoms with van der Waals surface area (Å²) in [6, 6.07) is 17.3. The van der Waals surface area contributed by atoms with Crippen LogP contribution in [-0.2, 0) is 11.2 Å². The number of hydrogen-bond acceptors (Lipinski definition) is 4. The summed E-state index contributed by atoms with van der Waals surface area (Å²) in [7, 11) is 0. The largest absolute Gasteiger partial charge is 0.368 e. The number of anilines is 1. The fourth-order valence-electron chi connectivity index (χ4n) is 2.76. The molecule has 0 aliphatic carbocycles. The molecule has 0 bridgehead atoms. The van der Waals surface area contributed by atoms with E-state index in [9.17, 15) is 9.59 Å². The summed E-state index contributed by atoms with van der Waals surface area (Å²) in [4.78, 5) is 23.6. The molecule has 6 nitrogen and oxygen atoms in total. The zero-order valence-corrected chi connectivity index (χ0v) is 14.5. The Balaban J connectivity index is 1.40. The minimum atomic E-state index is -0.197. The smallest absolute Gasteiger partial charge is 0.272 e. The van der Waals surface area contributed by atoms with Crippen LogP contribution in [0.25, 0.3) is 10.8 Å². The molecule has 1 amide bonds. The SMILES string of the molecule is O=C(CCc1ccccc1)NCCCNc1n[nH]c(=O)c2ccccc12. The van der Waals surface area contributed by atoms with Gasteiger partial charge in [-0.25, -0.2) is 5.10 Å². The molecule has 2 aromatic carbocycles. The van der Waals surface area contributed by atoms with Crippen molar-refractivity contribution in [2.75, 3.05) is 18.4 Å². The predicted octanol–water partition coefficient (Wildman–Crippen LogP) is 2.47. The van der Waals surface area contributed by atoms with E-state index in [0.717, 1.165) is 18.2 Å². The van der Waals surface area contributed by atoms with Crippen molar-refractivity contribution in [2.24, 2.45) is 0 Å². The Morgan fingerprint density at radius 3 is 2.50 bits per heavy atom. The summed E-state index contributed by atoms with van der Waals surface area (Å²) in [5, 5.41) is 14.1. The first-order chi connectivity index (χ1) is 12.7. The molecule has 0 saturated heterocycles.